The normalized spacial score (nSPS) is 22.3. The number of carbonyl (C=O) groups excluding carboxylic acids is 1. The van der Waals surface area contributed by atoms with Gasteiger partial charge < -0.3 is 19.5 Å². The molecule has 2 fully saturated rings. The first-order valence-corrected chi connectivity index (χ1v) is 7.83. The molecule has 1 N–H and O–H groups in total. The molecule has 1 aliphatic heterocycles. The van der Waals surface area contributed by atoms with Gasteiger partial charge in [0.05, 0.1) is 18.3 Å². The van der Waals surface area contributed by atoms with Crippen molar-refractivity contribution in [3.05, 3.63) is 23.5 Å². The molecule has 1 saturated carbocycles. The van der Waals surface area contributed by atoms with Crippen LogP contribution in [0, 0.1) is 17.2 Å². The summed E-state index contributed by atoms with van der Waals surface area (Å²) in [4.78, 5) is 19.7. The average molecular weight is 302 g/mol. The molecular weight excluding hydrogens is 280 g/mol. The molecule has 2 aliphatic rings. The number of aromatic amines is 1. The van der Waals surface area contributed by atoms with Gasteiger partial charge in [0.25, 0.3) is 5.91 Å². The van der Waals surface area contributed by atoms with Gasteiger partial charge in [0.15, 0.2) is 0 Å². The Morgan fingerprint density at radius 1 is 1.55 bits per heavy atom. The Morgan fingerprint density at radius 2 is 2.36 bits per heavy atom. The van der Waals surface area contributed by atoms with Crippen LogP contribution >= 0.6 is 0 Å². The van der Waals surface area contributed by atoms with Crippen LogP contribution in [0.15, 0.2) is 12.3 Å². The molecule has 0 bridgehead atoms. The predicted octanol–water partition coefficient (Wildman–Crippen LogP) is 1.07. The van der Waals surface area contributed by atoms with E-state index in [0.717, 1.165) is 26.2 Å². The monoisotopic (exact) mass is 302 g/mol. The Morgan fingerprint density at radius 3 is 3.00 bits per heavy atom. The van der Waals surface area contributed by atoms with Crippen molar-refractivity contribution in [3.63, 3.8) is 0 Å². The van der Waals surface area contributed by atoms with Crippen LogP contribution in [0.25, 0.3) is 0 Å². The molecule has 1 aliphatic carbocycles. The van der Waals surface area contributed by atoms with Gasteiger partial charge in [-0.15, -0.1) is 0 Å². The molecule has 6 nitrogen and oxygen atoms in total. The molecule has 22 heavy (non-hydrogen) atoms. The number of nitrogens with one attached hydrogen (secondary N) is 1. The molecule has 1 amide bonds. The molecule has 0 spiro atoms. The maximum Gasteiger partial charge on any atom is 0.255 e. The Kier molecular flexibility index (Phi) is 4.46. The van der Waals surface area contributed by atoms with Crippen LogP contribution in [0.1, 0.15) is 28.9 Å². The topological polar surface area (TPSA) is 72.4 Å². The van der Waals surface area contributed by atoms with E-state index in [0.29, 0.717) is 23.7 Å². The number of likely N-dealkylation sites (N-methyl/N-ethyl adjacent to an activating group) is 1. The quantitative estimate of drug-likeness (QED) is 0.883. The number of aromatic nitrogens is 1. The Hall–Kier alpha value is -1.84. The van der Waals surface area contributed by atoms with Gasteiger partial charge in [-0.05, 0) is 31.9 Å². The van der Waals surface area contributed by atoms with Crippen molar-refractivity contribution in [2.24, 2.45) is 5.92 Å². The summed E-state index contributed by atoms with van der Waals surface area (Å²) in [5.74, 6) is 0.612. The van der Waals surface area contributed by atoms with E-state index in [1.54, 1.807) is 12.3 Å². The van der Waals surface area contributed by atoms with Crippen LogP contribution in [0.3, 0.4) is 0 Å². The zero-order valence-corrected chi connectivity index (χ0v) is 12.9. The van der Waals surface area contributed by atoms with E-state index in [9.17, 15) is 4.79 Å². The van der Waals surface area contributed by atoms with E-state index in [1.165, 1.54) is 12.8 Å². The van der Waals surface area contributed by atoms with Gasteiger partial charge in [-0.1, -0.05) is 0 Å². The Bertz CT molecular complexity index is 573. The van der Waals surface area contributed by atoms with E-state index in [2.05, 4.69) is 16.9 Å². The highest BCUT2D eigenvalue weighted by atomic mass is 16.5. The summed E-state index contributed by atoms with van der Waals surface area (Å²) in [5, 5.41) is 8.89. The molecule has 118 valence electrons. The van der Waals surface area contributed by atoms with Gasteiger partial charge in [0.2, 0.25) is 0 Å². The van der Waals surface area contributed by atoms with E-state index in [1.807, 2.05) is 11.0 Å². The van der Waals surface area contributed by atoms with Crippen molar-refractivity contribution in [1.82, 2.24) is 14.8 Å². The van der Waals surface area contributed by atoms with Crippen LogP contribution < -0.4 is 0 Å². The highest BCUT2D eigenvalue weighted by Gasteiger charge is 2.30. The molecule has 0 radical (unpaired) electrons. The van der Waals surface area contributed by atoms with Gasteiger partial charge >= 0.3 is 0 Å². The third-order valence-corrected chi connectivity index (χ3v) is 4.28. The molecule has 3 rings (SSSR count). The van der Waals surface area contributed by atoms with Crippen molar-refractivity contribution >= 4 is 5.91 Å². The minimum Gasteiger partial charge on any atom is -0.374 e. The minimum atomic E-state index is -0.0125. The third-order valence-electron chi connectivity index (χ3n) is 4.28. The summed E-state index contributed by atoms with van der Waals surface area (Å²) in [7, 11) is 2.08. The second kappa shape index (κ2) is 6.51. The first-order chi connectivity index (χ1) is 10.7. The van der Waals surface area contributed by atoms with Crippen molar-refractivity contribution in [2.45, 2.75) is 18.9 Å². The smallest absolute Gasteiger partial charge is 0.255 e. The zero-order chi connectivity index (χ0) is 15.5. The lowest BCUT2D eigenvalue weighted by Gasteiger charge is -2.34. The van der Waals surface area contributed by atoms with E-state index in [4.69, 9.17) is 10.00 Å². The molecule has 0 aromatic carbocycles. The summed E-state index contributed by atoms with van der Waals surface area (Å²) in [6.07, 6.45) is 4.09. The van der Waals surface area contributed by atoms with E-state index < -0.39 is 0 Å². The largest absolute Gasteiger partial charge is 0.374 e. The standard InChI is InChI=1S/C16H22N4O2/c1-19-4-5-22-15(10-19)11-20(9-12-2-3-12)16(21)13-6-14(7-17)18-8-13/h6,8,12,15,18H,2-5,9-11H2,1H3. The zero-order valence-electron chi connectivity index (χ0n) is 12.9. The second-order valence-electron chi connectivity index (χ2n) is 6.32. The number of carbonyl (C=O) groups is 1. The number of hydrogen-bond donors (Lipinski definition) is 1. The summed E-state index contributed by atoms with van der Waals surface area (Å²) < 4.78 is 5.80. The average Bonchev–Trinajstić information content (AvgIpc) is 3.19. The number of ether oxygens (including phenoxy) is 1. The van der Waals surface area contributed by atoms with Crippen molar-refractivity contribution < 1.29 is 9.53 Å². The lowest BCUT2D eigenvalue weighted by Crippen LogP contribution is -2.48. The number of amides is 1. The molecule has 1 aromatic rings. The lowest BCUT2D eigenvalue weighted by atomic mass is 10.2. The fourth-order valence-electron chi connectivity index (χ4n) is 2.84. The Labute approximate surface area is 130 Å². The van der Waals surface area contributed by atoms with Gasteiger partial charge in [-0.2, -0.15) is 5.26 Å². The fraction of sp³-hybridized carbons (Fsp3) is 0.625. The number of hydrogen-bond acceptors (Lipinski definition) is 4. The molecule has 1 aromatic heterocycles. The molecule has 2 heterocycles. The van der Waals surface area contributed by atoms with Crippen molar-refractivity contribution in [3.8, 4) is 6.07 Å². The van der Waals surface area contributed by atoms with Gasteiger partial charge in [-0.25, -0.2) is 0 Å². The maximum atomic E-state index is 12.7. The highest BCUT2D eigenvalue weighted by molar-refractivity contribution is 5.94. The molecule has 1 unspecified atom stereocenters. The molecule has 1 saturated heterocycles. The number of rotatable bonds is 5. The predicted molar refractivity (Wildman–Crippen MR) is 81.4 cm³/mol. The summed E-state index contributed by atoms with van der Waals surface area (Å²) in [5.41, 5.74) is 0.977. The van der Waals surface area contributed by atoms with Crippen LogP contribution in [0.2, 0.25) is 0 Å². The summed E-state index contributed by atoms with van der Waals surface area (Å²) >= 11 is 0. The first kappa shape index (κ1) is 15.1. The Balaban J connectivity index is 1.68. The maximum absolute atomic E-state index is 12.7. The van der Waals surface area contributed by atoms with Crippen molar-refractivity contribution in [1.29, 1.82) is 5.26 Å². The molecular formula is C16H22N4O2. The number of morpholine rings is 1. The minimum absolute atomic E-state index is 0.0125. The third kappa shape index (κ3) is 3.67. The number of nitrogens with zero attached hydrogens (tertiary/aromatic N) is 3. The first-order valence-electron chi connectivity index (χ1n) is 7.83. The number of nitriles is 1. The fourth-order valence-corrected chi connectivity index (χ4v) is 2.84. The number of H-pyrrole nitrogens is 1. The van der Waals surface area contributed by atoms with Gasteiger partial charge in [-0.3, -0.25) is 4.79 Å². The van der Waals surface area contributed by atoms with Gasteiger partial charge in [0.1, 0.15) is 11.8 Å². The van der Waals surface area contributed by atoms with Gasteiger partial charge in [0, 0.05) is 32.4 Å². The molecule has 1 atom stereocenters. The van der Waals surface area contributed by atoms with E-state index >= 15 is 0 Å². The highest BCUT2D eigenvalue weighted by Crippen LogP contribution is 2.30. The van der Waals surface area contributed by atoms with Crippen LogP contribution in [0.4, 0.5) is 0 Å². The van der Waals surface area contributed by atoms with Crippen LogP contribution in [0.5, 0.6) is 0 Å². The summed E-state index contributed by atoms with van der Waals surface area (Å²) in [6, 6.07) is 3.64. The van der Waals surface area contributed by atoms with Crippen LogP contribution in [-0.2, 0) is 4.74 Å². The van der Waals surface area contributed by atoms with E-state index in [-0.39, 0.29) is 12.0 Å². The van der Waals surface area contributed by atoms with Crippen molar-refractivity contribution in [2.75, 3.05) is 39.8 Å². The lowest BCUT2D eigenvalue weighted by molar-refractivity contribution is -0.0331. The summed E-state index contributed by atoms with van der Waals surface area (Å²) in [6.45, 7) is 3.92. The molecule has 6 heteroatoms. The SMILES string of the molecule is CN1CCOC(CN(CC2CC2)C(=O)c2c[nH]c(C#N)c2)C1. The van der Waals surface area contributed by atoms with Crippen LogP contribution in [-0.4, -0.2) is 66.6 Å². The second-order valence-corrected chi connectivity index (χ2v) is 6.32.